The molecular formula is C16H25NO2. The number of carbonyl (C=O) groups excluding carboxylic acids is 1. The fraction of sp³-hybridized carbons (Fsp3) is 0.562. The molecule has 0 heterocycles. The van der Waals surface area contributed by atoms with Crippen molar-refractivity contribution >= 4 is 6.09 Å². The number of benzene rings is 1. The number of nitrogens with zero attached hydrogens (tertiary/aromatic N) is 1. The zero-order chi connectivity index (χ0) is 14.1. The van der Waals surface area contributed by atoms with Gasteiger partial charge in [-0.1, -0.05) is 57.0 Å². The zero-order valence-electron chi connectivity index (χ0n) is 12.1. The molecule has 0 radical (unpaired) electrons. The molecule has 0 aliphatic heterocycles. The van der Waals surface area contributed by atoms with E-state index in [9.17, 15) is 9.90 Å². The highest BCUT2D eigenvalue weighted by Gasteiger charge is 2.29. The zero-order valence-corrected chi connectivity index (χ0v) is 12.1. The van der Waals surface area contributed by atoms with Crippen LogP contribution in [-0.2, 0) is 6.54 Å². The topological polar surface area (TPSA) is 40.1 Å². The first-order chi connectivity index (χ1) is 9.14. The van der Waals surface area contributed by atoms with Gasteiger partial charge in [0.2, 0.25) is 0 Å². The molecule has 3 nitrogen and oxygen atoms in total. The Morgan fingerprint density at radius 2 is 1.58 bits per heavy atom. The molecule has 1 amide bonds. The van der Waals surface area contributed by atoms with Crippen LogP contribution >= 0.6 is 0 Å². The van der Waals surface area contributed by atoms with Crippen LogP contribution < -0.4 is 5.11 Å². The van der Waals surface area contributed by atoms with Gasteiger partial charge in [-0.2, -0.15) is 0 Å². The number of quaternary nitrogens is 1. The smallest absolute Gasteiger partial charge is 0.257 e. The number of unbranched alkanes of at least 4 members (excludes halogenated alkanes) is 2. The van der Waals surface area contributed by atoms with Crippen LogP contribution in [0.2, 0.25) is 0 Å². The van der Waals surface area contributed by atoms with Gasteiger partial charge in [-0.3, -0.25) is 4.48 Å². The van der Waals surface area contributed by atoms with Gasteiger partial charge >= 0.3 is 0 Å². The monoisotopic (exact) mass is 263 g/mol. The lowest BCUT2D eigenvalue weighted by molar-refractivity contribution is -0.889. The second kappa shape index (κ2) is 7.95. The van der Waals surface area contributed by atoms with Crippen LogP contribution in [0.3, 0.4) is 0 Å². The molecule has 3 heteroatoms. The third-order valence-corrected chi connectivity index (χ3v) is 3.59. The van der Waals surface area contributed by atoms with E-state index < -0.39 is 6.09 Å². The number of amides is 1. The van der Waals surface area contributed by atoms with Gasteiger partial charge in [0.1, 0.15) is 6.54 Å². The maximum atomic E-state index is 11.7. The van der Waals surface area contributed by atoms with Crippen LogP contribution in [0.1, 0.15) is 45.1 Å². The van der Waals surface area contributed by atoms with E-state index in [2.05, 4.69) is 13.8 Å². The van der Waals surface area contributed by atoms with E-state index in [1.807, 2.05) is 30.3 Å². The maximum absolute atomic E-state index is 11.7. The minimum Gasteiger partial charge on any atom is -0.498 e. The van der Waals surface area contributed by atoms with E-state index in [0.29, 0.717) is 19.6 Å². The van der Waals surface area contributed by atoms with Crippen LogP contribution in [0.5, 0.6) is 0 Å². The lowest BCUT2D eigenvalue weighted by Crippen LogP contribution is -2.59. The summed E-state index contributed by atoms with van der Waals surface area (Å²) in [6, 6.07) is 9.86. The van der Waals surface area contributed by atoms with Crippen molar-refractivity contribution < 1.29 is 14.4 Å². The highest BCUT2D eigenvalue weighted by molar-refractivity contribution is 5.54. The molecule has 1 aromatic carbocycles. The molecule has 0 fully saturated rings. The second-order valence-corrected chi connectivity index (χ2v) is 5.21. The summed E-state index contributed by atoms with van der Waals surface area (Å²) in [5.74, 6) is 0. The van der Waals surface area contributed by atoms with Gasteiger partial charge in [-0.05, 0) is 12.8 Å². The highest BCUT2D eigenvalue weighted by Crippen LogP contribution is 2.18. The Hall–Kier alpha value is -1.35. The molecule has 0 spiro atoms. The third-order valence-electron chi connectivity index (χ3n) is 3.59. The van der Waals surface area contributed by atoms with Gasteiger partial charge in [0.05, 0.1) is 13.1 Å². The Labute approximate surface area is 116 Å². The van der Waals surface area contributed by atoms with E-state index in [-0.39, 0.29) is 4.48 Å². The Balaban J connectivity index is 2.90. The molecule has 0 aliphatic rings. The Bertz CT molecular complexity index is 368. The van der Waals surface area contributed by atoms with Crippen LogP contribution in [-0.4, -0.2) is 23.7 Å². The Morgan fingerprint density at radius 3 is 2.00 bits per heavy atom. The van der Waals surface area contributed by atoms with Crippen molar-refractivity contribution in [3.8, 4) is 0 Å². The van der Waals surface area contributed by atoms with Crippen LogP contribution in [0.25, 0.3) is 0 Å². The summed E-state index contributed by atoms with van der Waals surface area (Å²) in [5, 5.41) is 11.7. The first-order valence-electron chi connectivity index (χ1n) is 7.26. The number of carboxylic acid groups (broad SMARTS) is 1. The third kappa shape index (κ3) is 4.67. The minimum atomic E-state index is -0.939. The molecule has 0 N–H and O–H groups in total. The Kier molecular flexibility index (Phi) is 6.57. The van der Waals surface area contributed by atoms with E-state index >= 15 is 0 Å². The van der Waals surface area contributed by atoms with Gasteiger partial charge in [-0.25, -0.2) is 0 Å². The lowest BCUT2D eigenvalue weighted by Gasteiger charge is -2.38. The van der Waals surface area contributed by atoms with Crippen molar-refractivity contribution in [3.63, 3.8) is 0 Å². The predicted molar refractivity (Wildman–Crippen MR) is 75.4 cm³/mol. The van der Waals surface area contributed by atoms with Crippen molar-refractivity contribution in [1.82, 2.24) is 0 Å². The minimum absolute atomic E-state index is 0.0612. The highest BCUT2D eigenvalue weighted by atomic mass is 16.4. The molecule has 0 aliphatic carbocycles. The molecule has 0 saturated heterocycles. The first kappa shape index (κ1) is 15.7. The molecule has 0 aromatic heterocycles. The van der Waals surface area contributed by atoms with Gasteiger partial charge in [-0.15, -0.1) is 0 Å². The van der Waals surface area contributed by atoms with Crippen LogP contribution in [0.4, 0.5) is 4.79 Å². The van der Waals surface area contributed by atoms with Crippen molar-refractivity contribution in [1.29, 1.82) is 0 Å². The molecule has 0 unspecified atom stereocenters. The molecule has 1 aromatic rings. The van der Waals surface area contributed by atoms with Crippen molar-refractivity contribution in [2.45, 2.75) is 46.1 Å². The fourth-order valence-corrected chi connectivity index (χ4v) is 2.37. The van der Waals surface area contributed by atoms with Crippen molar-refractivity contribution in [2.24, 2.45) is 0 Å². The standard InChI is InChI=1S/C16H25NO2/c1-3-5-12-17(16(18)19,13-6-4-2)14-15-10-8-7-9-11-15/h7-11H,3-6,12-14H2,1-2H3. The molecule has 106 valence electrons. The van der Waals surface area contributed by atoms with Crippen LogP contribution in [0.15, 0.2) is 30.3 Å². The Morgan fingerprint density at radius 1 is 1.05 bits per heavy atom. The summed E-state index contributed by atoms with van der Waals surface area (Å²) in [5.41, 5.74) is 1.07. The summed E-state index contributed by atoms with van der Waals surface area (Å²) in [7, 11) is 0. The van der Waals surface area contributed by atoms with Gasteiger partial charge < -0.3 is 9.90 Å². The predicted octanol–water partition coefficient (Wildman–Crippen LogP) is 2.95. The van der Waals surface area contributed by atoms with Gasteiger partial charge in [0, 0.05) is 5.56 Å². The van der Waals surface area contributed by atoms with Crippen molar-refractivity contribution in [3.05, 3.63) is 35.9 Å². The van der Waals surface area contributed by atoms with Gasteiger partial charge in [0.25, 0.3) is 6.09 Å². The lowest BCUT2D eigenvalue weighted by atomic mass is 10.1. The normalized spacial score (nSPS) is 11.5. The van der Waals surface area contributed by atoms with Crippen molar-refractivity contribution in [2.75, 3.05) is 13.1 Å². The number of rotatable bonds is 8. The average Bonchev–Trinajstić information content (AvgIpc) is 2.43. The molecule has 1 rings (SSSR count). The SMILES string of the molecule is CCCC[N+](CCCC)(Cc1ccccc1)C(=O)[O-]. The van der Waals surface area contributed by atoms with Crippen LogP contribution in [0, 0.1) is 0 Å². The largest absolute Gasteiger partial charge is 0.498 e. The molecule has 0 saturated carbocycles. The maximum Gasteiger partial charge on any atom is 0.257 e. The summed E-state index contributed by atoms with van der Waals surface area (Å²) < 4.78 is 0.0612. The number of hydrogen-bond donors (Lipinski definition) is 0. The average molecular weight is 263 g/mol. The quantitative estimate of drug-likeness (QED) is 0.677. The molecule has 19 heavy (non-hydrogen) atoms. The number of hydrogen-bond acceptors (Lipinski definition) is 2. The van der Waals surface area contributed by atoms with E-state index in [1.165, 1.54) is 0 Å². The summed E-state index contributed by atoms with van der Waals surface area (Å²) >= 11 is 0. The van der Waals surface area contributed by atoms with E-state index in [4.69, 9.17) is 0 Å². The molecule has 0 atom stereocenters. The number of carbonyl (C=O) groups is 1. The van der Waals surface area contributed by atoms with E-state index in [0.717, 1.165) is 31.2 Å². The summed E-state index contributed by atoms with van der Waals surface area (Å²) in [6.45, 7) is 6.03. The summed E-state index contributed by atoms with van der Waals surface area (Å²) in [6.07, 6.45) is 2.92. The fourth-order valence-electron chi connectivity index (χ4n) is 2.37. The molecule has 0 bridgehead atoms. The summed E-state index contributed by atoms with van der Waals surface area (Å²) in [4.78, 5) is 11.7. The van der Waals surface area contributed by atoms with Gasteiger partial charge in [0.15, 0.2) is 0 Å². The van der Waals surface area contributed by atoms with E-state index in [1.54, 1.807) is 0 Å². The second-order valence-electron chi connectivity index (χ2n) is 5.21. The molecular weight excluding hydrogens is 238 g/mol. The first-order valence-corrected chi connectivity index (χ1v) is 7.26.